The van der Waals surface area contributed by atoms with Gasteiger partial charge in [-0.15, -0.1) is 0 Å². The molecule has 1 fully saturated rings. The van der Waals surface area contributed by atoms with Crippen molar-refractivity contribution in [2.24, 2.45) is 0 Å². The zero-order valence-corrected chi connectivity index (χ0v) is 13.0. The number of amides is 1. The second kappa shape index (κ2) is 7.50. The lowest BCUT2D eigenvalue weighted by Gasteiger charge is -2.23. The van der Waals surface area contributed by atoms with Crippen LogP contribution in [-0.4, -0.2) is 29.8 Å². The Labute approximate surface area is 121 Å². The van der Waals surface area contributed by atoms with Gasteiger partial charge in [-0.3, -0.25) is 0 Å². The fourth-order valence-electron chi connectivity index (χ4n) is 2.24. The van der Waals surface area contributed by atoms with E-state index < -0.39 is 17.7 Å². The number of nitrogens with one attached hydrogen (secondary N) is 1. The van der Waals surface area contributed by atoms with Gasteiger partial charge >= 0.3 is 12.1 Å². The number of alkyl carbamates (subject to hydrolysis) is 1. The summed E-state index contributed by atoms with van der Waals surface area (Å²) in [7, 11) is 0. The van der Waals surface area contributed by atoms with Crippen molar-refractivity contribution in [3.05, 3.63) is 0 Å². The summed E-state index contributed by atoms with van der Waals surface area (Å²) < 4.78 is 10.6. The second-order valence-electron chi connectivity index (χ2n) is 6.33. The minimum Gasteiger partial charge on any atom is -0.461 e. The Morgan fingerprint density at radius 2 is 1.85 bits per heavy atom. The molecule has 0 aromatic heterocycles. The molecule has 1 amide bonds. The van der Waals surface area contributed by atoms with Gasteiger partial charge in [-0.05, 0) is 52.9 Å². The highest BCUT2D eigenvalue weighted by molar-refractivity contribution is 5.81. The first-order chi connectivity index (χ1) is 9.31. The monoisotopic (exact) mass is 285 g/mol. The van der Waals surface area contributed by atoms with Crippen LogP contribution in [0.1, 0.15) is 66.2 Å². The molecular formula is C15H27NO4. The van der Waals surface area contributed by atoms with Crippen molar-refractivity contribution in [1.82, 2.24) is 5.32 Å². The molecule has 0 aliphatic heterocycles. The first-order valence-electron chi connectivity index (χ1n) is 7.52. The lowest BCUT2D eigenvalue weighted by atomic mass is 10.1. The van der Waals surface area contributed by atoms with E-state index in [-0.39, 0.29) is 12.1 Å². The summed E-state index contributed by atoms with van der Waals surface area (Å²) in [4.78, 5) is 23.8. The maximum atomic E-state index is 12.1. The molecule has 0 heterocycles. The highest BCUT2D eigenvalue weighted by atomic mass is 16.6. The van der Waals surface area contributed by atoms with Gasteiger partial charge in [0.05, 0.1) is 0 Å². The number of carbonyl (C=O) groups excluding carboxylic acids is 2. The molecule has 0 spiro atoms. The van der Waals surface area contributed by atoms with Gasteiger partial charge in [0, 0.05) is 0 Å². The molecule has 1 aliphatic carbocycles. The van der Waals surface area contributed by atoms with Gasteiger partial charge in [0.15, 0.2) is 0 Å². The summed E-state index contributed by atoms with van der Waals surface area (Å²) in [6.45, 7) is 7.33. The molecule has 0 radical (unpaired) electrons. The zero-order valence-electron chi connectivity index (χ0n) is 13.0. The van der Waals surface area contributed by atoms with Gasteiger partial charge in [0.1, 0.15) is 17.7 Å². The van der Waals surface area contributed by atoms with Crippen molar-refractivity contribution in [2.45, 2.75) is 84.0 Å². The minimum atomic E-state index is -0.615. The molecule has 20 heavy (non-hydrogen) atoms. The van der Waals surface area contributed by atoms with Gasteiger partial charge in [-0.1, -0.05) is 13.3 Å². The van der Waals surface area contributed by atoms with Crippen LogP contribution < -0.4 is 5.32 Å². The number of esters is 1. The van der Waals surface area contributed by atoms with Crippen molar-refractivity contribution in [1.29, 1.82) is 0 Å². The van der Waals surface area contributed by atoms with Crippen LogP contribution in [0.4, 0.5) is 4.79 Å². The number of carbonyl (C=O) groups is 2. The highest BCUT2D eigenvalue weighted by Gasteiger charge is 2.27. The summed E-state index contributed by atoms with van der Waals surface area (Å²) in [6, 6.07) is -0.615. The van der Waals surface area contributed by atoms with E-state index in [1.54, 1.807) is 20.8 Å². The van der Waals surface area contributed by atoms with E-state index in [2.05, 4.69) is 5.32 Å². The maximum Gasteiger partial charge on any atom is 0.408 e. The van der Waals surface area contributed by atoms with E-state index >= 15 is 0 Å². The summed E-state index contributed by atoms with van der Waals surface area (Å²) in [5, 5.41) is 2.61. The number of hydrogen-bond donors (Lipinski definition) is 1. The van der Waals surface area contributed by atoms with Crippen LogP contribution in [-0.2, 0) is 14.3 Å². The SMILES string of the molecule is CCC[C@H](NC(=O)OC(C)(C)C)C(=O)OC1CCCC1. The first kappa shape index (κ1) is 16.8. The lowest BCUT2D eigenvalue weighted by molar-refractivity contribution is -0.151. The molecule has 1 aliphatic rings. The maximum absolute atomic E-state index is 12.1. The smallest absolute Gasteiger partial charge is 0.408 e. The minimum absolute atomic E-state index is 0.0160. The third-order valence-electron chi connectivity index (χ3n) is 3.14. The van der Waals surface area contributed by atoms with Gasteiger partial charge in [-0.25, -0.2) is 9.59 Å². The molecule has 0 unspecified atom stereocenters. The predicted molar refractivity (Wildman–Crippen MR) is 76.4 cm³/mol. The number of hydrogen-bond acceptors (Lipinski definition) is 4. The average molecular weight is 285 g/mol. The van der Waals surface area contributed by atoms with E-state index in [0.717, 1.165) is 32.1 Å². The van der Waals surface area contributed by atoms with Gasteiger partial charge in [-0.2, -0.15) is 0 Å². The van der Waals surface area contributed by atoms with Crippen LogP contribution in [0, 0.1) is 0 Å². The van der Waals surface area contributed by atoms with E-state index in [0.29, 0.717) is 6.42 Å². The molecule has 0 bridgehead atoms. The third kappa shape index (κ3) is 6.26. The normalized spacial score (nSPS) is 17.6. The molecule has 1 atom stereocenters. The van der Waals surface area contributed by atoms with Crippen molar-refractivity contribution in [2.75, 3.05) is 0 Å². The molecule has 1 rings (SSSR count). The number of rotatable bonds is 5. The summed E-state index contributed by atoms with van der Waals surface area (Å²) in [5.74, 6) is -0.343. The molecular weight excluding hydrogens is 258 g/mol. The Kier molecular flexibility index (Phi) is 6.30. The first-order valence-corrected chi connectivity index (χ1v) is 7.52. The topological polar surface area (TPSA) is 64.6 Å². The Morgan fingerprint density at radius 3 is 2.35 bits per heavy atom. The predicted octanol–water partition coefficient (Wildman–Crippen LogP) is 3.17. The molecule has 1 saturated carbocycles. The van der Waals surface area contributed by atoms with E-state index in [4.69, 9.17) is 9.47 Å². The molecule has 0 aromatic rings. The van der Waals surface area contributed by atoms with Crippen LogP contribution in [0.15, 0.2) is 0 Å². The Morgan fingerprint density at radius 1 is 1.25 bits per heavy atom. The largest absolute Gasteiger partial charge is 0.461 e. The van der Waals surface area contributed by atoms with E-state index in [1.807, 2.05) is 6.92 Å². The van der Waals surface area contributed by atoms with Crippen LogP contribution in [0.2, 0.25) is 0 Å². The second-order valence-corrected chi connectivity index (χ2v) is 6.33. The molecule has 5 heteroatoms. The van der Waals surface area contributed by atoms with Crippen molar-refractivity contribution in [3.8, 4) is 0 Å². The van der Waals surface area contributed by atoms with Crippen molar-refractivity contribution < 1.29 is 19.1 Å². The average Bonchev–Trinajstić information content (AvgIpc) is 2.78. The number of ether oxygens (including phenoxy) is 2. The standard InChI is InChI=1S/C15H27NO4/c1-5-8-12(16-14(18)20-15(2,3)4)13(17)19-11-9-6-7-10-11/h11-12H,5-10H2,1-4H3,(H,16,18)/t12-/m0/s1. The quantitative estimate of drug-likeness (QED) is 0.788. The Bertz CT molecular complexity index is 329. The molecule has 116 valence electrons. The zero-order chi connectivity index (χ0) is 15.2. The van der Waals surface area contributed by atoms with Crippen LogP contribution in [0.25, 0.3) is 0 Å². The van der Waals surface area contributed by atoms with Crippen LogP contribution in [0.3, 0.4) is 0 Å². The van der Waals surface area contributed by atoms with Crippen LogP contribution in [0.5, 0.6) is 0 Å². The summed E-state index contributed by atoms with van der Waals surface area (Å²) >= 11 is 0. The molecule has 1 N–H and O–H groups in total. The Balaban J connectivity index is 2.49. The highest BCUT2D eigenvalue weighted by Crippen LogP contribution is 2.21. The van der Waals surface area contributed by atoms with Gasteiger partial charge in [0.25, 0.3) is 0 Å². The third-order valence-corrected chi connectivity index (χ3v) is 3.14. The van der Waals surface area contributed by atoms with Gasteiger partial charge < -0.3 is 14.8 Å². The van der Waals surface area contributed by atoms with Crippen molar-refractivity contribution >= 4 is 12.1 Å². The van der Waals surface area contributed by atoms with Crippen LogP contribution >= 0.6 is 0 Å². The summed E-state index contributed by atoms with van der Waals surface area (Å²) in [5.41, 5.74) is -0.573. The van der Waals surface area contributed by atoms with Crippen molar-refractivity contribution in [3.63, 3.8) is 0 Å². The lowest BCUT2D eigenvalue weighted by Crippen LogP contribution is -2.44. The molecule has 0 saturated heterocycles. The van der Waals surface area contributed by atoms with E-state index in [1.165, 1.54) is 0 Å². The van der Waals surface area contributed by atoms with Gasteiger partial charge in [0.2, 0.25) is 0 Å². The summed E-state index contributed by atoms with van der Waals surface area (Å²) in [6.07, 6.45) is 4.87. The molecule has 0 aromatic carbocycles. The fourth-order valence-corrected chi connectivity index (χ4v) is 2.24. The molecule has 5 nitrogen and oxygen atoms in total. The fraction of sp³-hybridized carbons (Fsp3) is 0.867. The van der Waals surface area contributed by atoms with E-state index in [9.17, 15) is 9.59 Å². The Hall–Kier alpha value is -1.26.